The maximum Gasteiger partial charge on any atom is 0.316 e. The van der Waals surface area contributed by atoms with Gasteiger partial charge in [-0.05, 0) is 38.1 Å². The topological polar surface area (TPSA) is 38.3 Å². The minimum absolute atomic E-state index is 0.160. The third-order valence-electron chi connectivity index (χ3n) is 2.53. The molecule has 0 aromatic heterocycles. The summed E-state index contributed by atoms with van der Waals surface area (Å²) >= 11 is 1.52. The van der Waals surface area contributed by atoms with Crippen LogP contribution < -0.4 is 5.32 Å². The van der Waals surface area contributed by atoms with E-state index in [1.165, 1.54) is 17.3 Å². The smallest absolute Gasteiger partial charge is 0.316 e. The first-order chi connectivity index (χ1) is 8.67. The first kappa shape index (κ1) is 15.1. The molecule has 1 aromatic carbocycles. The van der Waals surface area contributed by atoms with Crippen molar-refractivity contribution in [2.24, 2.45) is 0 Å². The number of carbonyl (C=O) groups excluding carboxylic acids is 1. The number of hydrogen-bond acceptors (Lipinski definition) is 4. The lowest BCUT2D eigenvalue weighted by atomic mass is 10.1. The molecule has 0 heterocycles. The lowest BCUT2D eigenvalue weighted by Crippen LogP contribution is -2.17. The predicted octanol–water partition coefficient (Wildman–Crippen LogP) is 3.01. The molecule has 0 saturated heterocycles. The van der Waals surface area contributed by atoms with Crippen molar-refractivity contribution in [3.05, 3.63) is 29.8 Å². The van der Waals surface area contributed by atoms with Crippen molar-refractivity contribution in [3.63, 3.8) is 0 Å². The average molecular weight is 267 g/mol. The minimum Gasteiger partial charge on any atom is -0.465 e. The summed E-state index contributed by atoms with van der Waals surface area (Å²) < 4.78 is 4.91. The molecule has 0 amide bonds. The number of hydrogen-bond donors (Lipinski definition) is 1. The Morgan fingerprint density at radius 2 is 2.22 bits per heavy atom. The molecule has 3 nitrogen and oxygen atoms in total. The van der Waals surface area contributed by atoms with Crippen molar-refractivity contribution in [1.82, 2.24) is 5.32 Å². The summed E-state index contributed by atoms with van der Waals surface area (Å²) in [5.41, 5.74) is 1.24. The zero-order valence-electron chi connectivity index (χ0n) is 11.2. The Balaban J connectivity index is 2.56. The average Bonchev–Trinajstić information content (AvgIpc) is 2.37. The Labute approximate surface area is 113 Å². The number of rotatable bonds is 7. The zero-order valence-corrected chi connectivity index (χ0v) is 12.0. The molecule has 100 valence electrons. The molecular weight excluding hydrogens is 246 g/mol. The van der Waals surface area contributed by atoms with Gasteiger partial charge in [0.2, 0.25) is 0 Å². The normalized spacial score (nSPS) is 12.2. The van der Waals surface area contributed by atoms with Crippen LogP contribution in [-0.2, 0) is 9.53 Å². The Morgan fingerprint density at radius 1 is 1.44 bits per heavy atom. The van der Waals surface area contributed by atoms with Crippen LogP contribution in [0.2, 0.25) is 0 Å². The summed E-state index contributed by atoms with van der Waals surface area (Å²) in [6.07, 6.45) is 0. The Bertz CT molecular complexity index is 382. The standard InChI is InChI=1S/C14H21NO2S/c1-4-15-11(3)12-7-6-8-13(9-12)18-10-14(16)17-5-2/h6-9,11,15H,4-5,10H2,1-3H3. The van der Waals surface area contributed by atoms with Crippen LogP contribution >= 0.6 is 11.8 Å². The number of esters is 1. The lowest BCUT2D eigenvalue weighted by molar-refractivity contribution is -0.139. The van der Waals surface area contributed by atoms with E-state index in [9.17, 15) is 4.79 Å². The molecule has 1 aromatic rings. The largest absolute Gasteiger partial charge is 0.465 e. The molecule has 18 heavy (non-hydrogen) atoms. The van der Waals surface area contributed by atoms with Crippen LogP contribution in [0.4, 0.5) is 0 Å². The van der Waals surface area contributed by atoms with Crippen LogP contribution in [0, 0.1) is 0 Å². The van der Waals surface area contributed by atoms with E-state index in [4.69, 9.17) is 4.74 Å². The van der Waals surface area contributed by atoms with Gasteiger partial charge in [0.25, 0.3) is 0 Å². The van der Waals surface area contributed by atoms with Crippen molar-refractivity contribution < 1.29 is 9.53 Å². The fraction of sp³-hybridized carbons (Fsp3) is 0.500. The quantitative estimate of drug-likeness (QED) is 0.609. The molecule has 0 radical (unpaired) electrons. The zero-order chi connectivity index (χ0) is 13.4. The van der Waals surface area contributed by atoms with E-state index in [-0.39, 0.29) is 5.97 Å². The van der Waals surface area contributed by atoms with Gasteiger partial charge < -0.3 is 10.1 Å². The van der Waals surface area contributed by atoms with Crippen molar-refractivity contribution in [3.8, 4) is 0 Å². The third-order valence-corrected chi connectivity index (χ3v) is 3.50. The van der Waals surface area contributed by atoms with Gasteiger partial charge in [-0.3, -0.25) is 4.79 Å². The molecule has 0 saturated carbocycles. The van der Waals surface area contributed by atoms with E-state index in [0.717, 1.165) is 11.4 Å². The van der Waals surface area contributed by atoms with Gasteiger partial charge in [0.1, 0.15) is 0 Å². The Kier molecular flexibility index (Phi) is 6.83. The highest BCUT2D eigenvalue weighted by atomic mass is 32.2. The molecule has 0 aliphatic heterocycles. The van der Waals surface area contributed by atoms with E-state index >= 15 is 0 Å². The molecule has 1 rings (SSSR count). The molecule has 0 spiro atoms. The highest BCUT2D eigenvalue weighted by Gasteiger charge is 2.06. The van der Waals surface area contributed by atoms with Crippen molar-refractivity contribution in [2.45, 2.75) is 31.7 Å². The molecule has 0 bridgehead atoms. The number of thioether (sulfide) groups is 1. The number of nitrogens with one attached hydrogen (secondary N) is 1. The Hall–Kier alpha value is -1.00. The van der Waals surface area contributed by atoms with Crippen LogP contribution in [-0.4, -0.2) is 24.9 Å². The lowest BCUT2D eigenvalue weighted by Gasteiger charge is -2.13. The molecule has 0 aliphatic rings. The summed E-state index contributed by atoms with van der Waals surface area (Å²) in [4.78, 5) is 12.4. The van der Waals surface area contributed by atoms with Gasteiger partial charge in [0.05, 0.1) is 12.4 Å². The summed E-state index contributed by atoms with van der Waals surface area (Å²) in [5, 5.41) is 3.37. The second-order valence-electron chi connectivity index (χ2n) is 3.95. The summed E-state index contributed by atoms with van der Waals surface area (Å²) in [6, 6.07) is 8.60. The molecule has 1 atom stereocenters. The van der Waals surface area contributed by atoms with E-state index in [1.54, 1.807) is 0 Å². The van der Waals surface area contributed by atoms with Crippen LogP contribution in [0.1, 0.15) is 32.4 Å². The van der Waals surface area contributed by atoms with Crippen LogP contribution in [0.3, 0.4) is 0 Å². The maximum absolute atomic E-state index is 11.3. The third kappa shape index (κ3) is 5.10. The summed E-state index contributed by atoms with van der Waals surface area (Å²) in [6.45, 7) is 7.44. The van der Waals surface area contributed by atoms with Crippen LogP contribution in [0.25, 0.3) is 0 Å². The van der Waals surface area contributed by atoms with Gasteiger partial charge in [0, 0.05) is 10.9 Å². The van der Waals surface area contributed by atoms with Crippen molar-refractivity contribution in [2.75, 3.05) is 18.9 Å². The second-order valence-corrected chi connectivity index (χ2v) is 4.99. The first-order valence-corrected chi connectivity index (χ1v) is 7.27. The number of ether oxygens (including phenoxy) is 1. The fourth-order valence-corrected chi connectivity index (χ4v) is 2.40. The van der Waals surface area contributed by atoms with Gasteiger partial charge in [-0.15, -0.1) is 11.8 Å². The number of benzene rings is 1. The van der Waals surface area contributed by atoms with E-state index in [0.29, 0.717) is 18.4 Å². The molecule has 4 heteroatoms. The van der Waals surface area contributed by atoms with Gasteiger partial charge in [-0.2, -0.15) is 0 Å². The van der Waals surface area contributed by atoms with Gasteiger partial charge in [0.15, 0.2) is 0 Å². The molecule has 1 unspecified atom stereocenters. The van der Waals surface area contributed by atoms with E-state index in [1.807, 2.05) is 19.1 Å². The van der Waals surface area contributed by atoms with E-state index in [2.05, 4.69) is 31.3 Å². The minimum atomic E-state index is -0.160. The van der Waals surface area contributed by atoms with Gasteiger partial charge >= 0.3 is 5.97 Å². The second kappa shape index (κ2) is 8.16. The Morgan fingerprint density at radius 3 is 2.89 bits per heavy atom. The summed E-state index contributed by atoms with van der Waals surface area (Å²) in [7, 11) is 0. The van der Waals surface area contributed by atoms with Crippen molar-refractivity contribution >= 4 is 17.7 Å². The number of carbonyl (C=O) groups is 1. The fourth-order valence-electron chi connectivity index (χ4n) is 1.64. The highest BCUT2D eigenvalue weighted by Crippen LogP contribution is 2.22. The van der Waals surface area contributed by atoms with Gasteiger partial charge in [-0.25, -0.2) is 0 Å². The summed E-state index contributed by atoms with van der Waals surface area (Å²) in [5.74, 6) is 0.208. The van der Waals surface area contributed by atoms with Crippen LogP contribution in [0.5, 0.6) is 0 Å². The monoisotopic (exact) mass is 267 g/mol. The maximum atomic E-state index is 11.3. The predicted molar refractivity (Wildman–Crippen MR) is 75.9 cm³/mol. The highest BCUT2D eigenvalue weighted by molar-refractivity contribution is 8.00. The van der Waals surface area contributed by atoms with Crippen LogP contribution in [0.15, 0.2) is 29.2 Å². The van der Waals surface area contributed by atoms with E-state index < -0.39 is 0 Å². The SMILES string of the molecule is CCNC(C)c1cccc(SCC(=O)OCC)c1. The molecule has 0 fully saturated rings. The first-order valence-electron chi connectivity index (χ1n) is 6.29. The van der Waals surface area contributed by atoms with Crippen molar-refractivity contribution in [1.29, 1.82) is 0 Å². The van der Waals surface area contributed by atoms with Gasteiger partial charge in [-0.1, -0.05) is 19.1 Å². The molecular formula is C14H21NO2S. The molecule has 0 aliphatic carbocycles. The molecule has 1 N–H and O–H groups in total.